The number of nitrogens with zero attached hydrogens (tertiary/aromatic N) is 1. The largest absolute Gasteiger partial charge is 0.388 e. The first kappa shape index (κ1) is 14.9. The second-order valence-corrected chi connectivity index (χ2v) is 4.65. The molecule has 4 unspecified atom stereocenters. The highest BCUT2D eigenvalue weighted by atomic mass is 16.6. The predicted molar refractivity (Wildman–Crippen MR) is 68.5 cm³/mol. The summed E-state index contributed by atoms with van der Waals surface area (Å²) in [5.41, 5.74) is -1.13. The lowest BCUT2D eigenvalue weighted by Gasteiger charge is -2.18. The van der Waals surface area contributed by atoms with Crippen molar-refractivity contribution in [2.45, 2.75) is 18.4 Å². The van der Waals surface area contributed by atoms with E-state index in [4.69, 9.17) is 14.2 Å². The Kier molecular flexibility index (Phi) is 4.71. The lowest BCUT2D eigenvalue weighted by atomic mass is 9.99. The van der Waals surface area contributed by atoms with E-state index in [1.807, 2.05) is 0 Å². The van der Waals surface area contributed by atoms with Crippen molar-refractivity contribution in [1.29, 1.82) is 0 Å². The van der Waals surface area contributed by atoms with Crippen LogP contribution in [0.4, 0.5) is 0 Å². The molecule has 1 aliphatic heterocycles. The SMILES string of the molecule is COCC1OC(n2ccc(=O)[nH]c2=O)C(O)C1COC. The van der Waals surface area contributed by atoms with Crippen LogP contribution in [0.3, 0.4) is 0 Å². The highest BCUT2D eigenvalue weighted by molar-refractivity contribution is 4.93. The average Bonchev–Trinajstić information content (AvgIpc) is 2.69. The first-order chi connectivity index (χ1) is 9.58. The Bertz CT molecular complexity index is 553. The van der Waals surface area contributed by atoms with E-state index >= 15 is 0 Å². The van der Waals surface area contributed by atoms with E-state index in [9.17, 15) is 14.7 Å². The van der Waals surface area contributed by atoms with Gasteiger partial charge in [-0.25, -0.2) is 4.79 Å². The third-order valence-corrected chi connectivity index (χ3v) is 3.34. The van der Waals surface area contributed by atoms with Gasteiger partial charge in [-0.3, -0.25) is 14.3 Å². The monoisotopic (exact) mass is 286 g/mol. The molecule has 0 radical (unpaired) electrons. The summed E-state index contributed by atoms with van der Waals surface area (Å²) in [6.07, 6.45) is -0.897. The van der Waals surface area contributed by atoms with E-state index in [2.05, 4.69) is 4.98 Å². The van der Waals surface area contributed by atoms with Gasteiger partial charge >= 0.3 is 5.69 Å². The molecule has 2 rings (SSSR count). The predicted octanol–water partition coefficient (Wildman–Crippen LogP) is -1.30. The number of nitrogens with one attached hydrogen (secondary N) is 1. The van der Waals surface area contributed by atoms with Gasteiger partial charge in [0.25, 0.3) is 5.56 Å². The molecule has 8 nitrogen and oxygen atoms in total. The molecule has 1 saturated heterocycles. The molecular weight excluding hydrogens is 268 g/mol. The molecule has 0 spiro atoms. The Morgan fingerprint density at radius 1 is 1.35 bits per heavy atom. The number of aliphatic hydroxyl groups excluding tert-OH is 1. The van der Waals surface area contributed by atoms with Crippen molar-refractivity contribution >= 4 is 0 Å². The number of rotatable bonds is 5. The van der Waals surface area contributed by atoms with Gasteiger partial charge in [-0.1, -0.05) is 0 Å². The fourth-order valence-corrected chi connectivity index (χ4v) is 2.38. The summed E-state index contributed by atoms with van der Waals surface area (Å²) >= 11 is 0. The molecule has 2 heterocycles. The van der Waals surface area contributed by atoms with Crippen LogP contribution in [0.5, 0.6) is 0 Å². The van der Waals surface area contributed by atoms with Gasteiger partial charge in [0.2, 0.25) is 0 Å². The summed E-state index contributed by atoms with van der Waals surface area (Å²) in [7, 11) is 3.05. The van der Waals surface area contributed by atoms with Crippen molar-refractivity contribution in [3.8, 4) is 0 Å². The molecule has 4 atom stereocenters. The summed E-state index contributed by atoms with van der Waals surface area (Å²) in [6, 6.07) is 1.20. The molecule has 20 heavy (non-hydrogen) atoms. The van der Waals surface area contributed by atoms with Crippen LogP contribution >= 0.6 is 0 Å². The van der Waals surface area contributed by atoms with Crippen LogP contribution in [0.25, 0.3) is 0 Å². The van der Waals surface area contributed by atoms with Gasteiger partial charge in [0.05, 0.1) is 19.3 Å². The first-order valence-electron chi connectivity index (χ1n) is 6.21. The molecule has 112 valence electrons. The molecule has 1 aliphatic rings. The number of methoxy groups -OCH3 is 2. The number of ether oxygens (including phenoxy) is 3. The number of hydrogen-bond acceptors (Lipinski definition) is 6. The number of hydrogen-bond donors (Lipinski definition) is 2. The molecule has 0 saturated carbocycles. The highest BCUT2D eigenvalue weighted by Gasteiger charge is 2.44. The van der Waals surface area contributed by atoms with Crippen LogP contribution in [-0.2, 0) is 14.2 Å². The van der Waals surface area contributed by atoms with Crippen molar-refractivity contribution < 1.29 is 19.3 Å². The number of aliphatic hydroxyl groups is 1. The molecule has 0 aliphatic carbocycles. The second-order valence-electron chi connectivity index (χ2n) is 4.65. The Hall–Kier alpha value is -1.48. The third-order valence-electron chi connectivity index (χ3n) is 3.34. The van der Waals surface area contributed by atoms with Crippen LogP contribution < -0.4 is 11.2 Å². The lowest BCUT2D eigenvalue weighted by molar-refractivity contribution is -0.0598. The zero-order valence-electron chi connectivity index (χ0n) is 11.3. The summed E-state index contributed by atoms with van der Waals surface area (Å²) < 4.78 is 16.9. The van der Waals surface area contributed by atoms with Gasteiger partial charge in [0.1, 0.15) is 6.10 Å². The Morgan fingerprint density at radius 3 is 2.65 bits per heavy atom. The molecule has 0 bridgehead atoms. The molecule has 0 aromatic carbocycles. The van der Waals surface area contributed by atoms with Crippen molar-refractivity contribution in [3.05, 3.63) is 33.1 Å². The maximum Gasteiger partial charge on any atom is 0.330 e. The molecule has 1 fully saturated rings. The van der Waals surface area contributed by atoms with Crippen LogP contribution in [-0.4, -0.2) is 54.3 Å². The quantitative estimate of drug-likeness (QED) is 0.698. The molecule has 8 heteroatoms. The molecule has 1 aromatic rings. The molecule has 1 aromatic heterocycles. The first-order valence-corrected chi connectivity index (χ1v) is 6.21. The Balaban J connectivity index is 2.28. The lowest BCUT2D eigenvalue weighted by Crippen LogP contribution is -2.36. The molecular formula is C12H18N2O6. The van der Waals surface area contributed by atoms with Crippen LogP contribution in [0.1, 0.15) is 6.23 Å². The average molecular weight is 286 g/mol. The van der Waals surface area contributed by atoms with E-state index in [-0.39, 0.29) is 19.1 Å². The van der Waals surface area contributed by atoms with E-state index in [1.165, 1.54) is 26.5 Å². The van der Waals surface area contributed by atoms with Gasteiger partial charge in [-0.05, 0) is 0 Å². The molecule has 0 amide bonds. The van der Waals surface area contributed by atoms with Crippen molar-refractivity contribution in [2.24, 2.45) is 5.92 Å². The summed E-state index contributed by atoms with van der Waals surface area (Å²) in [4.78, 5) is 24.9. The summed E-state index contributed by atoms with van der Waals surface area (Å²) in [5, 5.41) is 10.3. The highest BCUT2D eigenvalue weighted by Crippen LogP contribution is 2.33. The summed E-state index contributed by atoms with van der Waals surface area (Å²) in [5.74, 6) is -0.316. The minimum Gasteiger partial charge on any atom is -0.388 e. The zero-order valence-corrected chi connectivity index (χ0v) is 11.3. The van der Waals surface area contributed by atoms with Gasteiger partial charge in [-0.15, -0.1) is 0 Å². The van der Waals surface area contributed by atoms with Gasteiger partial charge in [0.15, 0.2) is 6.23 Å². The minimum atomic E-state index is -0.932. The van der Waals surface area contributed by atoms with Crippen molar-refractivity contribution in [2.75, 3.05) is 27.4 Å². The van der Waals surface area contributed by atoms with Crippen LogP contribution in [0, 0.1) is 5.92 Å². The van der Waals surface area contributed by atoms with Gasteiger partial charge in [0, 0.05) is 32.4 Å². The van der Waals surface area contributed by atoms with E-state index < -0.39 is 29.7 Å². The topological polar surface area (TPSA) is 103 Å². The van der Waals surface area contributed by atoms with E-state index in [0.717, 1.165) is 4.57 Å². The van der Waals surface area contributed by atoms with Crippen molar-refractivity contribution in [1.82, 2.24) is 9.55 Å². The smallest absolute Gasteiger partial charge is 0.330 e. The Labute approximate surface area is 114 Å². The van der Waals surface area contributed by atoms with Gasteiger partial charge in [-0.2, -0.15) is 0 Å². The number of aromatic amines is 1. The maximum atomic E-state index is 11.8. The van der Waals surface area contributed by atoms with Crippen LogP contribution in [0.15, 0.2) is 21.9 Å². The fourth-order valence-electron chi connectivity index (χ4n) is 2.38. The minimum absolute atomic E-state index is 0.277. The number of aromatic nitrogens is 2. The van der Waals surface area contributed by atoms with Gasteiger partial charge < -0.3 is 19.3 Å². The second kappa shape index (κ2) is 6.31. The van der Waals surface area contributed by atoms with Crippen LogP contribution in [0.2, 0.25) is 0 Å². The Morgan fingerprint density at radius 2 is 2.05 bits per heavy atom. The molecule has 2 N–H and O–H groups in total. The fraction of sp³-hybridized carbons (Fsp3) is 0.667. The van der Waals surface area contributed by atoms with E-state index in [1.54, 1.807) is 0 Å². The standard InChI is InChI=1S/C12H18N2O6/c1-18-5-7-8(6-19-2)20-11(10(7)16)14-4-3-9(15)13-12(14)17/h3-4,7-8,10-11,16H,5-6H2,1-2H3,(H,13,15,17). The maximum absolute atomic E-state index is 11.8. The number of H-pyrrole nitrogens is 1. The third kappa shape index (κ3) is 2.83. The van der Waals surface area contributed by atoms with Crippen molar-refractivity contribution in [3.63, 3.8) is 0 Å². The zero-order chi connectivity index (χ0) is 14.7. The summed E-state index contributed by atoms with van der Waals surface area (Å²) in [6.45, 7) is 0.559. The normalized spacial score (nSPS) is 29.8. The van der Waals surface area contributed by atoms with E-state index in [0.29, 0.717) is 0 Å².